The lowest BCUT2D eigenvalue weighted by Crippen LogP contribution is -1.97. The summed E-state index contributed by atoms with van der Waals surface area (Å²) >= 11 is 0. The number of fused-ring (bicyclic) bond motifs is 1. The lowest BCUT2D eigenvalue weighted by atomic mass is 10.2. The van der Waals surface area contributed by atoms with Gasteiger partial charge >= 0.3 is 5.97 Å². The maximum atomic E-state index is 10.6. The molecule has 0 aliphatic heterocycles. The average molecular weight is 163 g/mol. The smallest absolute Gasteiger partial charge is 0.338 e. The van der Waals surface area contributed by atoms with Crippen LogP contribution in [0.4, 0.5) is 0 Å². The van der Waals surface area contributed by atoms with E-state index < -0.39 is 5.97 Å². The molecule has 0 aliphatic rings. The Balaban J connectivity index is 2.82. The zero-order valence-electron chi connectivity index (χ0n) is 5.98. The molecular formula is C7H5N3O2. The quantitative estimate of drug-likeness (QED) is 0.647. The van der Waals surface area contributed by atoms with Crippen LogP contribution in [0.3, 0.4) is 0 Å². The summed E-state index contributed by atoms with van der Waals surface area (Å²) in [5.41, 5.74) is 1.06. The van der Waals surface area contributed by atoms with Crippen molar-refractivity contribution in [1.29, 1.82) is 0 Å². The van der Waals surface area contributed by atoms with E-state index in [0.29, 0.717) is 11.2 Å². The number of carboxylic acid groups (broad SMARTS) is 1. The highest BCUT2D eigenvalue weighted by Crippen LogP contribution is 2.10. The van der Waals surface area contributed by atoms with Gasteiger partial charge in [-0.25, -0.2) is 14.8 Å². The number of nitrogens with one attached hydrogen (secondary N) is 1. The first kappa shape index (κ1) is 6.78. The van der Waals surface area contributed by atoms with Gasteiger partial charge in [-0.1, -0.05) is 0 Å². The Morgan fingerprint density at radius 2 is 2.33 bits per heavy atom. The van der Waals surface area contributed by atoms with Crippen LogP contribution in [0.1, 0.15) is 10.4 Å². The van der Waals surface area contributed by atoms with Crippen LogP contribution in [0.25, 0.3) is 11.2 Å². The van der Waals surface area contributed by atoms with Gasteiger partial charge in [-0.05, 0) is 6.07 Å². The summed E-state index contributed by atoms with van der Waals surface area (Å²) in [7, 11) is 0. The van der Waals surface area contributed by atoms with E-state index in [1.54, 1.807) is 0 Å². The van der Waals surface area contributed by atoms with E-state index in [1.807, 2.05) is 0 Å². The molecule has 2 N–H and O–H groups in total. The van der Waals surface area contributed by atoms with Crippen molar-refractivity contribution in [3.8, 4) is 0 Å². The normalized spacial score (nSPS) is 10.3. The first-order valence-corrected chi connectivity index (χ1v) is 3.30. The van der Waals surface area contributed by atoms with E-state index in [0.717, 1.165) is 0 Å². The fourth-order valence-corrected chi connectivity index (χ4v) is 1.02. The predicted molar refractivity (Wildman–Crippen MR) is 40.8 cm³/mol. The molecule has 0 radical (unpaired) electrons. The molecule has 0 atom stereocenters. The Bertz CT molecular complexity index is 435. The van der Waals surface area contributed by atoms with E-state index in [1.165, 1.54) is 18.6 Å². The largest absolute Gasteiger partial charge is 0.478 e. The van der Waals surface area contributed by atoms with Crippen molar-refractivity contribution >= 4 is 17.1 Å². The number of pyridine rings is 1. The van der Waals surface area contributed by atoms with Gasteiger partial charge in [0, 0.05) is 6.20 Å². The topological polar surface area (TPSA) is 78.9 Å². The Kier molecular flexibility index (Phi) is 1.30. The fraction of sp³-hybridized carbons (Fsp3) is 0. The molecule has 2 rings (SSSR count). The molecule has 0 aliphatic carbocycles. The second kappa shape index (κ2) is 2.30. The number of aromatic amines is 1. The molecule has 0 aromatic carbocycles. The van der Waals surface area contributed by atoms with E-state index in [9.17, 15) is 4.79 Å². The summed E-state index contributed by atoms with van der Waals surface area (Å²) in [5, 5.41) is 8.72. The van der Waals surface area contributed by atoms with E-state index >= 15 is 0 Å². The Morgan fingerprint density at radius 3 is 3.08 bits per heavy atom. The summed E-state index contributed by atoms with van der Waals surface area (Å²) in [4.78, 5) is 21.1. The lowest BCUT2D eigenvalue weighted by molar-refractivity contribution is 0.0699. The van der Waals surface area contributed by atoms with Crippen molar-refractivity contribution in [3.05, 3.63) is 24.2 Å². The number of hydrogen-bond donors (Lipinski definition) is 2. The second-order valence-electron chi connectivity index (χ2n) is 2.26. The standard InChI is InChI=1S/C7H5N3O2/c11-7(12)4-1-2-8-6-5(4)9-3-10-6/h1-3H,(H,11,12)(H,8,9,10). The van der Waals surface area contributed by atoms with Crippen LogP contribution in [0.2, 0.25) is 0 Å². The fourth-order valence-electron chi connectivity index (χ4n) is 1.02. The van der Waals surface area contributed by atoms with Crippen molar-refractivity contribution in [1.82, 2.24) is 15.0 Å². The highest BCUT2D eigenvalue weighted by Gasteiger charge is 2.09. The molecule has 0 amide bonds. The van der Waals surface area contributed by atoms with Crippen molar-refractivity contribution in [2.45, 2.75) is 0 Å². The molecule has 0 saturated carbocycles. The summed E-state index contributed by atoms with van der Waals surface area (Å²) in [6, 6.07) is 1.42. The minimum Gasteiger partial charge on any atom is -0.478 e. The van der Waals surface area contributed by atoms with Crippen LogP contribution >= 0.6 is 0 Å². The lowest BCUT2D eigenvalue weighted by Gasteiger charge is -1.92. The highest BCUT2D eigenvalue weighted by atomic mass is 16.4. The average Bonchev–Trinajstić information content (AvgIpc) is 2.49. The first-order valence-electron chi connectivity index (χ1n) is 3.30. The maximum Gasteiger partial charge on any atom is 0.338 e. The van der Waals surface area contributed by atoms with Crippen LogP contribution in [-0.2, 0) is 0 Å². The number of imidazole rings is 1. The molecule has 2 aromatic rings. The molecule has 0 unspecified atom stereocenters. The number of rotatable bonds is 1. The predicted octanol–water partition coefficient (Wildman–Crippen LogP) is 0.656. The van der Waals surface area contributed by atoms with E-state index in [2.05, 4.69) is 15.0 Å². The molecular weight excluding hydrogens is 158 g/mol. The number of carbonyl (C=O) groups is 1. The summed E-state index contributed by atoms with van der Waals surface area (Å²) in [6.45, 7) is 0. The van der Waals surface area contributed by atoms with Crippen LogP contribution in [0.15, 0.2) is 18.6 Å². The third kappa shape index (κ3) is 0.833. The minimum atomic E-state index is -0.991. The van der Waals surface area contributed by atoms with Gasteiger partial charge < -0.3 is 10.1 Å². The highest BCUT2D eigenvalue weighted by molar-refractivity contribution is 5.99. The van der Waals surface area contributed by atoms with Crippen LogP contribution in [-0.4, -0.2) is 26.0 Å². The van der Waals surface area contributed by atoms with Crippen molar-refractivity contribution in [2.75, 3.05) is 0 Å². The van der Waals surface area contributed by atoms with Gasteiger partial charge in [0.05, 0.1) is 11.9 Å². The van der Waals surface area contributed by atoms with E-state index in [-0.39, 0.29) is 5.56 Å². The second-order valence-corrected chi connectivity index (χ2v) is 2.26. The monoisotopic (exact) mass is 163 g/mol. The Morgan fingerprint density at radius 1 is 1.50 bits per heavy atom. The third-order valence-corrected chi connectivity index (χ3v) is 1.55. The molecule has 0 fully saturated rings. The molecule has 0 spiro atoms. The molecule has 2 aromatic heterocycles. The molecule has 0 bridgehead atoms. The van der Waals surface area contributed by atoms with Gasteiger partial charge in [-0.15, -0.1) is 0 Å². The number of nitrogens with zero attached hydrogens (tertiary/aromatic N) is 2. The van der Waals surface area contributed by atoms with Gasteiger partial charge in [0.25, 0.3) is 0 Å². The van der Waals surface area contributed by atoms with Crippen LogP contribution in [0.5, 0.6) is 0 Å². The SMILES string of the molecule is O=C(O)c1ccnc2[nH]cnc12. The summed E-state index contributed by atoms with van der Waals surface area (Å²) in [6.07, 6.45) is 2.86. The number of hydrogen-bond acceptors (Lipinski definition) is 3. The number of carboxylic acids is 1. The van der Waals surface area contributed by atoms with Crippen molar-refractivity contribution in [2.24, 2.45) is 0 Å². The van der Waals surface area contributed by atoms with Gasteiger partial charge in [0.1, 0.15) is 5.52 Å². The number of aromatic carboxylic acids is 1. The van der Waals surface area contributed by atoms with E-state index in [4.69, 9.17) is 5.11 Å². The van der Waals surface area contributed by atoms with Crippen molar-refractivity contribution in [3.63, 3.8) is 0 Å². The third-order valence-electron chi connectivity index (χ3n) is 1.55. The molecule has 0 saturated heterocycles. The molecule has 5 nitrogen and oxygen atoms in total. The number of H-pyrrole nitrogens is 1. The Labute approximate surface area is 67.1 Å². The van der Waals surface area contributed by atoms with Gasteiger partial charge in [0.2, 0.25) is 0 Å². The zero-order valence-corrected chi connectivity index (χ0v) is 5.98. The summed E-state index contributed by atoms with van der Waals surface area (Å²) in [5.74, 6) is -0.991. The summed E-state index contributed by atoms with van der Waals surface area (Å²) < 4.78 is 0. The molecule has 2 heterocycles. The molecule has 5 heteroatoms. The molecule has 60 valence electrons. The van der Waals surface area contributed by atoms with Gasteiger partial charge in [0.15, 0.2) is 5.65 Å². The minimum absolute atomic E-state index is 0.168. The van der Waals surface area contributed by atoms with Crippen LogP contribution in [0, 0.1) is 0 Å². The maximum absolute atomic E-state index is 10.6. The zero-order chi connectivity index (χ0) is 8.55. The van der Waals surface area contributed by atoms with Gasteiger partial charge in [-0.3, -0.25) is 0 Å². The number of aromatic nitrogens is 3. The van der Waals surface area contributed by atoms with Crippen molar-refractivity contribution < 1.29 is 9.90 Å². The first-order chi connectivity index (χ1) is 5.79. The molecule has 12 heavy (non-hydrogen) atoms. The Hall–Kier alpha value is -1.91. The van der Waals surface area contributed by atoms with Crippen LogP contribution < -0.4 is 0 Å². The van der Waals surface area contributed by atoms with Gasteiger partial charge in [-0.2, -0.15) is 0 Å².